The van der Waals surface area contributed by atoms with E-state index in [-0.39, 0.29) is 12.0 Å². The predicted octanol–water partition coefficient (Wildman–Crippen LogP) is 3.14. The van der Waals surface area contributed by atoms with Crippen LogP contribution >= 0.6 is 23.4 Å². The van der Waals surface area contributed by atoms with Crippen LogP contribution in [-0.2, 0) is 0 Å². The normalized spacial score (nSPS) is 15.7. The Labute approximate surface area is 174 Å². The van der Waals surface area contributed by atoms with Crippen molar-refractivity contribution in [3.8, 4) is 0 Å². The first-order chi connectivity index (χ1) is 14.2. The molecule has 2 aromatic carbocycles. The number of thioether (sulfide) groups is 1. The lowest BCUT2D eigenvalue weighted by Gasteiger charge is -2.30. The molecule has 0 fully saturated rings. The molecule has 0 aliphatic carbocycles. The number of nitrogens with one attached hydrogen (secondary N) is 1. The first kappa shape index (κ1) is 18.1. The van der Waals surface area contributed by atoms with Crippen LogP contribution in [0.5, 0.6) is 0 Å². The number of hydrogen-bond donors (Lipinski definition) is 1. The van der Waals surface area contributed by atoms with Crippen molar-refractivity contribution in [1.82, 2.24) is 19.9 Å². The van der Waals surface area contributed by atoms with E-state index in [9.17, 15) is 4.39 Å². The third-order valence-corrected chi connectivity index (χ3v) is 5.94. The number of benzene rings is 2. The van der Waals surface area contributed by atoms with Crippen LogP contribution < -0.4 is 15.5 Å². The van der Waals surface area contributed by atoms with Crippen molar-refractivity contribution in [2.75, 3.05) is 10.7 Å². The second-order valence-electron chi connectivity index (χ2n) is 6.39. The van der Waals surface area contributed by atoms with Crippen LogP contribution in [0.1, 0.15) is 0 Å². The lowest BCUT2D eigenvalue weighted by atomic mass is 10.2. The van der Waals surface area contributed by atoms with Crippen LogP contribution in [0.4, 0.5) is 10.1 Å². The predicted molar refractivity (Wildman–Crippen MR) is 112 cm³/mol. The van der Waals surface area contributed by atoms with Gasteiger partial charge in [0.05, 0.1) is 22.4 Å². The highest BCUT2D eigenvalue weighted by atomic mass is 35.5. The number of aromatic nitrogens is 4. The number of nitrogens with zero attached hydrogens (tertiary/aromatic N) is 5. The summed E-state index contributed by atoms with van der Waals surface area (Å²) in [7, 11) is 0. The number of fused-ring (bicyclic) bond motifs is 2. The number of anilines is 1. The first-order valence-electron chi connectivity index (χ1n) is 8.84. The summed E-state index contributed by atoms with van der Waals surface area (Å²) in [5.41, 5.74) is 2.24. The highest BCUT2D eigenvalue weighted by Gasteiger charge is 2.22. The van der Waals surface area contributed by atoms with Gasteiger partial charge in [0, 0.05) is 17.2 Å². The number of rotatable bonds is 4. The Bertz CT molecular complexity index is 1320. The maximum atomic E-state index is 13.8. The molecule has 1 aliphatic rings. The maximum absolute atomic E-state index is 13.8. The zero-order valence-corrected chi connectivity index (χ0v) is 16.5. The van der Waals surface area contributed by atoms with Gasteiger partial charge in [0.1, 0.15) is 28.9 Å². The summed E-state index contributed by atoms with van der Waals surface area (Å²) in [6.45, 7) is 0. The fourth-order valence-corrected chi connectivity index (χ4v) is 4.40. The molecule has 1 atom stereocenters. The number of hydrogen-bond acceptors (Lipinski definition) is 6. The first-order valence-corrected chi connectivity index (χ1v) is 10.2. The lowest BCUT2D eigenvalue weighted by Crippen LogP contribution is -2.43. The standard InChI is InChI=1S/C20H14ClFN6S/c21-14-3-1-2-4-16(14)28-8-12-5-6-13(22)7-15(12)27-17(28)9-29-20-18-19(24-10-23-18)25-11-26-20/h1-8,10-11,17H,9H2,(H,23,24,25,26). The highest BCUT2D eigenvalue weighted by molar-refractivity contribution is 7.99. The van der Waals surface area contributed by atoms with Crippen molar-refractivity contribution in [3.05, 3.63) is 76.5 Å². The molecule has 0 saturated heterocycles. The van der Waals surface area contributed by atoms with E-state index in [1.165, 1.54) is 30.2 Å². The number of imidazole rings is 1. The summed E-state index contributed by atoms with van der Waals surface area (Å²) in [6, 6.07) is 12.2. The Kier molecular flexibility index (Phi) is 4.65. The van der Waals surface area contributed by atoms with E-state index in [1.807, 2.05) is 35.4 Å². The minimum absolute atomic E-state index is 0.290. The molecular weight excluding hydrogens is 411 g/mol. The molecule has 3 heterocycles. The summed E-state index contributed by atoms with van der Waals surface area (Å²) in [4.78, 5) is 22.6. The summed E-state index contributed by atoms with van der Waals surface area (Å²) >= 11 is 7.98. The van der Waals surface area contributed by atoms with E-state index in [0.29, 0.717) is 21.8 Å². The molecule has 2 aromatic heterocycles. The minimum atomic E-state index is -0.312. The average molecular weight is 425 g/mol. The molecular formula is C20H14ClFN6S. The van der Waals surface area contributed by atoms with Crippen LogP contribution in [0.15, 0.2) is 65.1 Å². The smallest absolute Gasteiger partial charge is 0.181 e. The minimum Gasteiger partial charge on any atom is -0.341 e. The second-order valence-corrected chi connectivity index (χ2v) is 7.81. The molecule has 29 heavy (non-hydrogen) atoms. The number of H-pyrrole nitrogens is 1. The molecule has 1 N–H and O–H groups in total. The van der Waals surface area contributed by atoms with Crippen LogP contribution in [0.2, 0.25) is 5.02 Å². The largest absolute Gasteiger partial charge is 0.341 e. The van der Waals surface area contributed by atoms with Crippen LogP contribution in [-0.4, -0.2) is 31.9 Å². The third kappa shape index (κ3) is 3.45. The van der Waals surface area contributed by atoms with E-state index in [2.05, 4.69) is 19.9 Å². The van der Waals surface area contributed by atoms with Crippen molar-refractivity contribution in [3.63, 3.8) is 0 Å². The zero-order valence-electron chi connectivity index (χ0n) is 15.0. The Hall–Kier alpha value is -2.97. The van der Waals surface area contributed by atoms with Crippen molar-refractivity contribution in [1.29, 1.82) is 0 Å². The number of aromatic amines is 1. The van der Waals surface area contributed by atoms with Crippen molar-refractivity contribution in [2.45, 2.75) is 11.2 Å². The average Bonchev–Trinajstić information content (AvgIpc) is 3.21. The molecule has 0 amide bonds. The quantitative estimate of drug-likeness (QED) is 0.402. The molecule has 144 valence electrons. The molecule has 6 nitrogen and oxygen atoms in total. The highest BCUT2D eigenvalue weighted by Crippen LogP contribution is 2.31. The topological polar surface area (TPSA) is 70.1 Å². The van der Waals surface area contributed by atoms with Gasteiger partial charge < -0.3 is 9.88 Å². The van der Waals surface area contributed by atoms with Gasteiger partial charge in [0.15, 0.2) is 5.65 Å². The van der Waals surface area contributed by atoms with Gasteiger partial charge in [-0.1, -0.05) is 35.5 Å². The summed E-state index contributed by atoms with van der Waals surface area (Å²) in [6.07, 6.45) is 4.76. The van der Waals surface area contributed by atoms with Gasteiger partial charge >= 0.3 is 0 Å². The fourth-order valence-electron chi connectivity index (χ4n) is 3.21. The third-order valence-electron chi connectivity index (χ3n) is 4.57. The van der Waals surface area contributed by atoms with Crippen molar-refractivity contribution in [2.24, 2.45) is 4.99 Å². The van der Waals surface area contributed by atoms with Gasteiger partial charge in [-0.3, -0.25) is 4.99 Å². The van der Waals surface area contributed by atoms with E-state index < -0.39 is 0 Å². The van der Waals surface area contributed by atoms with E-state index >= 15 is 0 Å². The summed E-state index contributed by atoms with van der Waals surface area (Å²) in [5, 5.41) is 2.86. The van der Waals surface area contributed by atoms with Gasteiger partial charge in [-0.25, -0.2) is 19.3 Å². The second kappa shape index (κ2) is 7.46. The van der Waals surface area contributed by atoms with E-state index in [4.69, 9.17) is 16.6 Å². The van der Waals surface area contributed by atoms with Gasteiger partial charge in [-0.05, 0) is 30.3 Å². The molecule has 0 saturated carbocycles. The molecule has 0 spiro atoms. The van der Waals surface area contributed by atoms with E-state index in [0.717, 1.165) is 21.4 Å². The summed E-state index contributed by atoms with van der Waals surface area (Å²) < 4.78 is 13.8. The monoisotopic (exact) mass is 424 g/mol. The van der Waals surface area contributed by atoms with Gasteiger partial charge in [-0.2, -0.15) is 0 Å². The Morgan fingerprint density at radius 3 is 2.93 bits per heavy atom. The SMILES string of the molecule is Fc1ccc2c(c1)=NC(CSc1ncnc3nc[nH]c13)N(c1ccccc1Cl)C=2. The summed E-state index contributed by atoms with van der Waals surface area (Å²) in [5.74, 6) is 0.261. The Morgan fingerprint density at radius 2 is 2.03 bits per heavy atom. The molecule has 5 rings (SSSR count). The maximum Gasteiger partial charge on any atom is 0.181 e. The zero-order chi connectivity index (χ0) is 19.8. The Morgan fingerprint density at radius 1 is 1.14 bits per heavy atom. The Balaban J connectivity index is 1.54. The lowest BCUT2D eigenvalue weighted by molar-refractivity contribution is 0.622. The molecule has 1 unspecified atom stereocenters. The van der Waals surface area contributed by atoms with E-state index in [1.54, 1.807) is 12.4 Å². The van der Waals surface area contributed by atoms with Crippen molar-refractivity contribution >= 4 is 46.4 Å². The molecule has 4 aromatic rings. The molecule has 0 radical (unpaired) electrons. The molecule has 1 aliphatic heterocycles. The van der Waals surface area contributed by atoms with Crippen LogP contribution in [0, 0.1) is 5.82 Å². The van der Waals surface area contributed by atoms with Crippen LogP contribution in [0.25, 0.3) is 17.4 Å². The number of para-hydroxylation sites is 1. The van der Waals surface area contributed by atoms with Crippen molar-refractivity contribution < 1.29 is 4.39 Å². The van der Waals surface area contributed by atoms with Crippen LogP contribution in [0.3, 0.4) is 0 Å². The van der Waals surface area contributed by atoms with Gasteiger partial charge in [0.25, 0.3) is 0 Å². The molecule has 0 bridgehead atoms. The molecule has 9 heteroatoms. The van der Waals surface area contributed by atoms with Gasteiger partial charge in [0.2, 0.25) is 0 Å². The van der Waals surface area contributed by atoms with Gasteiger partial charge in [-0.15, -0.1) is 0 Å². The fraction of sp³-hybridized carbons (Fsp3) is 0.100. The number of halogens is 2.